The van der Waals surface area contributed by atoms with E-state index in [2.05, 4.69) is 26.4 Å². The van der Waals surface area contributed by atoms with Gasteiger partial charge >= 0.3 is 0 Å². The average Bonchev–Trinajstić information content (AvgIpc) is 2.76. The van der Waals surface area contributed by atoms with E-state index in [1.165, 1.54) is 4.80 Å². The van der Waals surface area contributed by atoms with Crippen molar-refractivity contribution in [2.75, 3.05) is 19.3 Å². The van der Waals surface area contributed by atoms with Crippen LogP contribution in [0.1, 0.15) is 18.7 Å². The molecule has 0 aliphatic carbocycles. The lowest BCUT2D eigenvalue weighted by Gasteiger charge is -2.35. The van der Waals surface area contributed by atoms with E-state index in [-0.39, 0.29) is 4.75 Å². The van der Waals surface area contributed by atoms with Gasteiger partial charge in [-0.25, -0.2) is 0 Å². The summed E-state index contributed by atoms with van der Waals surface area (Å²) in [5, 5.41) is 21.1. The normalized spacial score (nSPS) is 20.1. The van der Waals surface area contributed by atoms with E-state index in [0.717, 1.165) is 38.3 Å². The molecule has 2 rings (SSSR count). The Morgan fingerprint density at radius 3 is 2.65 bits per heavy atom. The Morgan fingerprint density at radius 2 is 2.18 bits per heavy atom. The van der Waals surface area contributed by atoms with Crippen molar-refractivity contribution in [2.24, 2.45) is 7.05 Å². The second kappa shape index (κ2) is 5.02. The summed E-state index contributed by atoms with van der Waals surface area (Å²) in [6.07, 6.45) is 3.83. The quantitative estimate of drug-likeness (QED) is 0.777. The van der Waals surface area contributed by atoms with Crippen LogP contribution in [0.2, 0.25) is 0 Å². The fraction of sp³-hybridized carbons (Fsp3) is 0.800. The zero-order valence-electron chi connectivity index (χ0n) is 10.1. The molecule has 0 radical (unpaired) electrons. The van der Waals surface area contributed by atoms with Crippen molar-refractivity contribution in [1.82, 2.24) is 25.1 Å². The summed E-state index contributed by atoms with van der Waals surface area (Å²) in [5.41, 5.74) is 0. The standard InChI is InChI=1S/C10H16N6S/c1-15-13-9(12-14-15)7-16-5-3-10(8-11,17-2)4-6-16/h3-7H2,1-2H3. The highest BCUT2D eigenvalue weighted by atomic mass is 32.2. The molecular formula is C10H16N6S. The molecule has 7 heteroatoms. The van der Waals surface area contributed by atoms with Gasteiger partial charge in [-0.2, -0.15) is 10.1 Å². The molecular weight excluding hydrogens is 236 g/mol. The van der Waals surface area contributed by atoms with E-state index < -0.39 is 0 Å². The number of nitrogens with zero attached hydrogens (tertiary/aromatic N) is 6. The Labute approximate surface area is 105 Å². The monoisotopic (exact) mass is 252 g/mol. The molecule has 0 bridgehead atoms. The summed E-state index contributed by atoms with van der Waals surface area (Å²) in [4.78, 5) is 3.75. The van der Waals surface area contributed by atoms with Gasteiger partial charge < -0.3 is 0 Å². The van der Waals surface area contributed by atoms with Gasteiger partial charge in [0.25, 0.3) is 0 Å². The summed E-state index contributed by atoms with van der Waals surface area (Å²) >= 11 is 1.67. The van der Waals surface area contributed by atoms with Crippen LogP contribution in [0.15, 0.2) is 0 Å². The molecule has 0 spiro atoms. The van der Waals surface area contributed by atoms with Gasteiger partial charge in [-0.1, -0.05) is 0 Å². The van der Waals surface area contributed by atoms with Crippen molar-refractivity contribution in [3.05, 3.63) is 5.82 Å². The van der Waals surface area contributed by atoms with Gasteiger partial charge in [0.2, 0.25) is 0 Å². The maximum atomic E-state index is 9.19. The van der Waals surface area contributed by atoms with Crippen LogP contribution in [0.5, 0.6) is 0 Å². The van der Waals surface area contributed by atoms with Gasteiger partial charge in [-0.15, -0.1) is 22.0 Å². The van der Waals surface area contributed by atoms with Crippen LogP contribution in [0.4, 0.5) is 0 Å². The van der Waals surface area contributed by atoms with E-state index in [4.69, 9.17) is 0 Å². The lowest BCUT2D eigenvalue weighted by atomic mass is 9.97. The first-order valence-corrected chi connectivity index (χ1v) is 6.81. The van der Waals surface area contributed by atoms with Gasteiger partial charge in [-0.3, -0.25) is 4.90 Å². The van der Waals surface area contributed by atoms with Crippen molar-refractivity contribution in [3.63, 3.8) is 0 Å². The highest BCUT2D eigenvalue weighted by Gasteiger charge is 2.34. The molecule has 0 atom stereocenters. The van der Waals surface area contributed by atoms with E-state index in [1.54, 1.807) is 18.8 Å². The second-order valence-electron chi connectivity index (χ2n) is 4.28. The van der Waals surface area contributed by atoms with Gasteiger partial charge in [0.15, 0.2) is 5.82 Å². The third kappa shape index (κ3) is 2.76. The van der Waals surface area contributed by atoms with Crippen molar-refractivity contribution in [3.8, 4) is 6.07 Å². The van der Waals surface area contributed by atoms with Crippen LogP contribution in [0.25, 0.3) is 0 Å². The average molecular weight is 252 g/mol. The van der Waals surface area contributed by atoms with Gasteiger partial charge in [-0.05, 0) is 24.3 Å². The van der Waals surface area contributed by atoms with E-state index in [9.17, 15) is 5.26 Å². The van der Waals surface area contributed by atoms with Crippen LogP contribution < -0.4 is 0 Å². The Bertz CT molecular complexity index is 415. The topological polar surface area (TPSA) is 70.6 Å². The number of likely N-dealkylation sites (tertiary alicyclic amines) is 1. The van der Waals surface area contributed by atoms with Crippen molar-refractivity contribution < 1.29 is 0 Å². The van der Waals surface area contributed by atoms with Crippen molar-refractivity contribution in [1.29, 1.82) is 5.26 Å². The number of thioether (sulfide) groups is 1. The summed E-state index contributed by atoms with van der Waals surface area (Å²) in [6, 6.07) is 2.44. The molecule has 1 aromatic heterocycles. The fourth-order valence-corrected chi connectivity index (χ4v) is 2.70. The number of piperidine rings is 1. The molecule has 1 fully saturated rings. The molecule has 6 nitrogen and oxygen atoms in total. The lowest BCUT2D eigenvalue weighted by Crippen LogP contribution is -2.41. The maximum Gasteiger partial charge on any atom is 0.188 e. The van der Waals surface area contributed by atoms with Gasteiger partial charge in [0.05, 0.1) is 19.7 Å². The molecule has 1 aliphatic rings. The smallest absolute Gasteiger partial charge is 0.188 e. The minimum atomic E-state index is -0.188. The SMILES string of the molecule is CSC1(C#N)CCN(Cc2nnn(C)n2)CC1. The number of hydrogen-bond acceptors (Lipinski definition) is 6. The number of nitriles is 1. The van der Waals surface area contributed by atoms with Crippen LogP contribution in [-0.2, 0) is 13.6 Å². The lowest BCUT2D eigenvalue weighted by molar-refractivity contribution is 0.204. The molecule has 0 aromatic carbocycles. The summed E-state index contributed by atoms with van der Waals surface area (Å²) in [5.74, 6) is 0.751. The first-order chi connectivity index (χ1) is 8.17. The number of aromatic nitrogens is 4. The molecule has 17 heavy (non-hydrogen) atoms. The van der Waals surface area contributed by atoms with Crippen LogP contribution in [-0.4, -0.2) is 49.2 Å². The third-order valence-electron chi connectivity index (χ3n) is 3.17. The zero-order chi connectivity index (χ0) is 12.3. The molecule has 0 unspecified atom stereocenters. The highest BCUT2D eigenvalue weighted by Crippen LogP contribution is 2.33. The van der Waals surface area contributed by atoms with E-state index in [0.29, 0.717) is 0 Å². The Balaban J connectivity index is 1.90. The van der Waals surface area contributed by atoms with Crippen LogP contribution in [0, 0.1) is 11.3 Å². The van der Waals surface area contributed by atoms with Crippen molar-refractivity contribution >= 4 is 11.8 Å². The fourth-order valence-electron chi connectivity index (χ4n) is 2.02. The predicted octanol–water partition coefficient (Wildman–Crippen LogP) is 0.431. The minimum absolute atomic E-state index is 0.188. The largest absolute Gasteiger partial charge is 0.296 e. The first-order valence-electron chi connectivity index (χ1n) is 5.59. The van der Waals surface area contributed by atoms with Crippen molar-refractivity contribution in [2.45, 2.75) is 24.1 Å². The zero-order valence-corrected chi connectivity index (χ0v) is 10.9. The minimum Gasteiger partial charge on any atom is -0.296 e. The van der Waals surface area contributed by atoms with E-state index >= 15 is 0 Å². The number of tetrazole rings is 1. The number of rotatable bonds is 3. The first kappa shape index (κ1) is 12.3. The molecule has 0 N–H and O–H groups in total. The van der Waals surface area contributed by atoms with Gasteiger partial charge in [0.1, 0.15) is 4.75 Å². The Kier molecular flexibility index (Phi) is 3.64. The second-order valence-corrected chi connectivity index (χ2v) is 5.47. The number of hydrogen-bond donors (Lipinski definition) is 0. The maximum absolute atomic E-state index is 9.19. The molecule has 1 saturated heterocycles. The molecule has 92 valence electrons. The summed E-state index contributed by atoms with van der Waals surface area (Å²) < 4.78 is -0.188. The summed E-state index contributed by atoms with van der Waals surface area (Å²) in [7, 11) is 1.77. The summed E-state index contributed by atoms with van der Waals surface area (Å²) in [6.45, 7) is 2.57. The molecule has 1 aliphatic heterocycles. The molecule has 0 amide bonds. The Morgan fingerprint density at radius 1 is 1.47 bits per heavy atom. The molecule has 2 heterocycles. The van der Waals surface area contributed by atoms with E-state index in [1.807, 2.05) is 6.26 Å². The predicted molar refractivity (Wildman–Crippen MR) is 65.2 cm³/mol. The third-order valence-corrected chi connectivity index (χ3v) is 4.45. The highest BCUT2D eigenvalue weighted by molar-refractivity contribution is 8.00. The Hall–Kier alpha value is -1.13. The molecule has 1 aromatic rings. The molecule has 0 saturated carbocycles. The number of aryl methyl sites for hydroxylation is 1. The van der Waals surface area contributed by atoms with Crippen LogP contribution >= 0.6 is 11.8 Å². The van der Waals surface area contributed by atoms with Crippen LogP contribution in [0.3, 0.4) is 0 Å². The van der Waals surface area contributed by atoms with Gasteiger partial charge in [0, 0.05) is 13.1 Å².